The van der Waals surface area contributed by atoms with E-state index in [9.17, 15) is 28.8 Å². The van der Waals surface area contributed by atoms with Crippen LogP contribution in [-0.4, -0.2) is 74.7 Å². The number of carbonyl (C=O) groups is 6. The van der Waals surface area contributed by atoms with Crippen molar-refractivity contribution >= 4 is 69.0 Å². The summed E-state index contributed by atoms with van der Waals surface area (Å²) in [6.07, 6.45) is -3.62. The van der Waals surface area contributed by atoms with Crippen molar-refractivity contribution in [3.05, 3.63) is 230 Å². The van der Waals surface area contributed by atoms with Crippen LogP contribution in [0.2, 0.25) is 0 Å². The first-order valence-electron chi connectivity index (χ1n) is 24.0. The van der Waals surface area contributed by atoms with Gasteiger partial charge in [0, 0.05) is 21.9 Å². The van der Waals surface area contributed by atoms with Crippen molar-refractivity contribution in [2.75, 3.05) is 37.1 Å². The lowest BCUT2D eigenvalue weighted by Crippen LogP contribution is -2.32. The summed E-state index contributed by atoms with van der Waals surface area (Å²) in [5.41, 5.74) is 5.30. The van der Waals surface area contributed by atoms with Gasteiger partial charge < -0.3 is 28.4 Å². The van der Waals surface area contributed by atoms with Crippen molar-refractivity contribution in [3.63, 3.8) is 0 Å². The number of esters is 4. The van der Waals surface area contributed by atoms with Crippen molar-refractivity contribution < 1.29 is 57.2 Å². The standard InChI is InChI=1S/2C31H27NO6/c1-21(2)29(33)36-19-24(20-37-31(35)32-28-18-10-14-23-13-6-7-16-26(23)28)38-30(34)27-17-9-8-15-25(27)22-11-4-3-5-12-22;1-21(2)29(33)36-19-24(38-31(35)32-28-18-10-14-23-13-6-7-16-26(23)28)20-37-30(34)27-17-9-8-15-25(27)22-11-4-3-5-12-22/h2*3-18,24H,1,19-20H2,2H3,(H,32,35). The second kappa shape index (κ2) is 26.8. The van der Waals surface area contributed by atoms with Gasteiger partial charge in [-0.15, -0.1) is 0 Å². The molecule has 384 valence electrons. The molecular weight excluding hydrogens is 965 g/mol. The smallest absolute Gasteiger partial charge is 0.412 e. The molecule has 0 aliphatic carbocycles. The van der Waals surface area contributed by atoms with Crippen LogP contribution >= 0.6 is 0 Å². The molecule has 0 aliphatic rings. The first-order valence-corrected chi connectivity index (χ1v) is 24.0. The minimum Gasteiger partial charge on any atom is -0.458 e. The molecule has 0 saturated carbocycles. The predicted molar refractivity (Wildman–Crippen MR) is 292 cm³/mol. The molecule has 8 aromatic carbocycles. The quantitative estimate of drug-likeness (QED) is 0.0472. The number of hydrogen-bond acceptors (Lipinski definition) is 12. The SMILES string of the molecule is C=C(C)C(=O)OCC(COC(=O)Nc1cccc2ccccc12)OC(=O)c1ccccc1-c1ccccc1.C=C(C)C(=O)OCC(COC(=O)c1ccccc1-c1ccccc1)OC(=O)Nc1cccc2ccccc12. The molecule has 0 heterocycles. The topological polar surface area (TPSA) is 182 Å². The Morgan fingerprint density at radius 3 is 1.28 bits per heavy atom. The number of hydrogen-bond donors (Lipinski definition) is 2. The molecule has 0 aromatic heterocycles. The summed E-state index contributed by atoms with van der Waals surface area (Å²) < 4.78 is 32.4. The average Bonchev–Trinajstić information content (AvgIpc) is 3.45. The Labute approximate surface area is 439 Å². The van der Waals surface area contributed by atoms with Gasteiger partial charge in [0.25, 0.3) is 0 Å². The largest absolute Gasteiger partial charge is 0.458 e. The van der Waals surface area contributed by atoms with E-state index in [1.165, 1.54) is 13.8 Å². The van der Waals surface area contributed by atoms with Gasteiger partial charge in [-0.05, 0) is 71.1 Å². The number of carbonyl (C=O) groups excluding carboxylic acids is 6. The molecule has 2 amide bonds. The van der Waals surface area contributed by atoms with Crippen LogP contribution in [0.1, 0.15) is 34.6 Å². The van der Waals surface area contributed by atoms with Crippen LogP contribution in [0.5, 0.6) is 0 Å². The third kappa shape index (κ3) is 15.1. The highest BCUT2D eigenvalue weighted by molar-refractivity contribution is 6.02. The molecule has 14 heteroatoms. The Bertz CT molecular complexity index is 3370. The number of fused-ring (bicyclic) bond motifs is 2. The summed E-state index contributed by atoms with van der Waals surface area (Å²) in [6, 6.07) is 59.1. The molecule has 0 fully saturated rings. The normalized spacial score (nSPS) is 11.3. The maximum atomic E-state index is 13.2. The Balaban J connectivity index is 0.000000221. The first-order chi connectivity index (χ1) is 36.8. The number of benzene rings is 8. The lowest BCUT2D eigenvalue weighted by molar-refractivity contribution is -0.143. The number of rotatable bonds is 18. The predicted octanol–water partition coefficient (Wildman–Crippen LogP) is 12.8. The van der Waals surface area contributed by atoms with Crippen molar-refractivity contribution in [1.29, 1.82) is 0 Å². The molecule has 2 unspecified atom stereocenters. The van der Waals surface area contributed by atoms with Crippen LogP contribution in [0.4, 0.5) is 21.0 Å². The van der Waals surface area contributed by atoms with Gasteiger partial charge in [-0.25, -0.2) is 28.8 Å². The molecule has 14 nitrogen and oxygen atoms in total. The van der Waals surface area contributed by atoms with Crippen molar-refractivity contribution in [1.82, 2.24) is 0 Å². The highest BCUT2D eigenvalue weighted by atomic mass is 16.6. The maximum Gasteiger partial charge on any atom is 0.412 e. The Hall–Kier alpha value is -9.82. The summed E-state index contributed by atoms with van der Waals surface area (Å²) >= 11 is 0. The van der Waals surface area contributed by atoms with E-state index in [0.717, 1.165) is 32.7 Å². The van der Waals surface area contributed by atoms with Crippen LogP contribution in [-0.2, 0) is 38.0 Å². The number of ether oxygens (including phenoxy) is 6. The van der Waals surface area contributed by atoms with E-state index >= 15 is 0 Å². The van der Waals surface area contributed by atoms with E-state index in [4.69, 9.17) is 28.4 Å². The average molecular weight is 1020 g/mol. The van der Waals surface area contributed by atoms with Crippen LogP contribution in [0.3, 0.4) is 0 Å². The van der Waals surface area contributed by atoms with Gasteiger partial charge in [0.05, 0.1) is 22.5 Å². The Morgan fingerprint density at radius 1 is 0.395 bits per heavy atom. The van der Waals surface area contributed by atoms with Gasteiger partial charge in [-0.1, -0.05) is 183 Å². The summed E-state index contributed by atoms with van der Waals surface area (Å²) in [4.78, 5) is 75.5. The Morgan fingerprint density at radius 2 is 0.776 bits per heavy atom. The minimum atomic E-state index is -1.05. The van der Waals surface area contributed by atoms with Gasteiger partial charge in [-0.3, -0.25) is 10.6 Å². The minimum absolute atomic E-state index is 0.192. The molecule has 2 atom stereocenters. The molecule has 0 aliphatic heterocycles. The van der Waals surface area contributed by atoms with E-state index in [1.54, 1.807) is 36.4 Å². The molecule has 0 radical (unpaired) electrons. The summed E-state index contributed by atoms with van der Waals surface area (Å²) in [7, 11) is 0. The van der Waals surface area contributed by atoms with E-state index in [0.29, 0.717) is 33.6 Å². The second-order valence-corrected chi connectivity index (χ2v) is 17.1. The summed E-state index contributed by atoms with van der Waals surface area (Å²) in [5.74, 6) is -2.53. The Kier molecular flexibility index (Phi) is 19.0. The number of amides is 2. The van der Waals surface area contributed by atoms with Gasteiger partial charge >= 0.3 is 36.1 Å². The maximum absolute atomic E-state index is 13.2. The van der Waals surface area contributed by atoms with Gasteiger partial charge in [0.2, 0.25) is 0 Å². The highest BCUT2D eigenvalue weighted by Gasteiger charge is 2.25. The molecule has 76 heavy (non-hydrogen) atoms. The lowest BCUT2D eigenvalue weighted by Gasteiger charge is -2.19. The molecule has 0 saturated heterocycles. The molecule has 8 aromatic rings. The monoisotopic (exact) mass is 1020 g/mol. The first kappa shape index (κ1) is 54.0. The van der Waals surface area contributed by atoms with E-state index in [2.05, 4.69) is 23.8 Å². The fourth-order valence-corrected chi connectivity index (χ4v) is 7.61. The molecule has 8 rings (SSSR count). The van der Waals surface area contributed by atoms with Crippen molar-refractivity contribution in [2.45, 2.75) is 26.1 Å². The van der Waals surface area contributed by atoms with Gasteiger partial charge in [-0.2, -0.15) is 0 Å². The lowest BCUT2D eigenvalue weighted by atomic mass is 10.00. The fourth-order valence-electron chi connectivity index (χ4n) is 7.61. The van der Waals surface area contributed by atoms with Crippen LogP contribution in [0, 0.1) is 0 Å². The van der Waals surface area contributed by atoms with Crippen LogP contribution in [0.25, 0.3) is 43.8 Å². The zero-order valence-corrected chi connectivity index (χ0v) is 41.8. The van der Waals surface area contributed by atoms with Crippen molar-refractivity contribution in [2.24, 2.45) is 0 Å². The summed E-state index contributed by atoms with van der Waals surface area (Å²) in [5, 5.41) is 9.02. The molecule has 0 bridgehead atoms. The van der Waals surface area contributed by atoms with Gasteiger partial charge in [0.1, 0.15) is 26.4 Å². The zero-order chi connectivity index (χ0) is 53.8. The van der Waals surface area contributed by atoms with E-state index < -0.39 is 48.3 Å². The highest BCUT2D eigenvalue weighted by Crippen LogP contribution is 2.28. The van der Waals surface area contributed by atoms with E-state index in [-0.39, 0.29) is 37.6 Å². The molecule has 0 spiro atoms. The summed E-state index contributed by atoms with van der Waals surface area (Å²) in [6.45, 7) is 8.83. The fraction of sp³-hybridized carbons (Fsp3) is 0.129. The van der Waals surface area contributed by atoms with Gasteiger partial charge in [0.15, 0.2) is 12.2 Å². The van der Waals surface area contributed by atoms with Crippen LogP contribution < -0.4 is 10.6 Å². The van der Waals surface area contributed by atoms with Crippen LogP contribution in [0.15, 0.2) is 218 Å². The number of nitrogens with one attached hydrogen (secondary N) is 2. The van der Waals surface area contributed by atoms with E-state index in [1.807, 2.05) is 158 Å². The molecular formula is C62H54N2O12. The molecule has 2 N–H and O–H groups in total. The third-order valence-electron chi connectivity index (χ3n) is 11.4. The second-order valence-electron chi connectivity index (χ2n) is 17.1. The number of anilines is 2. The third-order valence-corrected chi connectivity index (χ3v) is 11.4. The zero-order valence-electron chi connectivity index (χ0n) is 41.8. The van der Waals surface area contributed by atoms with Crippen molar-refractivity contribution in [3.8, 4) is 22.3 Å².